The second kappa shape index (κ2) is 2.81. The number of nitrogens with two attached hydrogens (primary N) is 1. The maximum atomic E-state index is 5.60. The molecule has 0 saturated heterocycles. The fraction of sp³-hybridized carbons (Fsp3) is 0.111. The van der Waals surface area contributed by atoms with Crippen LogP contribution in [0.2, 0.25) is 0 Å². The van der Waals surface area contributed by atoms with Gasteiger partial charge in [0.2, 0.25) is 0 Å². The van der Waals surface area contributed by atoms with Crippen LogP contribution in [0.5, 0.6) is 0 Å². The largest absolute Gasteiger partial charge is 0.388 e. The molecule has 0 radical (unpaired) electrons. The van der Waals surface area contributed by atoms with Crippen molar-refractivity contribution in [2.45, 2.75) is 6.92 Å². The molecule has 0 aliphatic heterocycles. The fourth-order valence-corrected chi connectivity index (χ4v) is 1.66. The van der Waals surface area contributed by atoms with Gasteiger partial charge in [-0.3, -0.25) is 4.40 Å². The van der Waals surface area contributed by atoms with Crippen molar-refractivity contribution in [3.05, 3.63) is 35.8 Å². The third-order valence-electron chi connectivity index (χ3n) is 1.94. The average molecular weight is 191 g/mol. The number of thiocarbonyl (C=S) groups is 1. The number of aromatic nitrogens is 2. The van der Waals surface area contributed by atoms with Crippen LogP contribution in [0, 0.1) is 6.92 Å². The third kappa shape index (κ3) is 1.19. The number of aryl methyl sites for hydroxylation is 1. The smallest absolute Gasteiger partial charge is 0.137 e. The zero-order valence-corrected chi connectivity index (χ0v) is 8.01. The zero-order valence-electron chi connectivity index (χ0n) is 7.19. The summed E-state index contributed by atoms with van der Waals surface area (Å²) in [4.78, 5) is 4.72. The summed E-state index contributed by atoms with van der Waals surface area (Å²) < 4.78 is 1.90. The molecule has 0 atom stereocenters. The third-order valence-corrected chi connectivity index (χ3v) is 2.13. The van der Waals surface area contributed by atoms with Gasteiger partial charge in [-0.15, -0.1) is 0 Å². The summed E-state index contributed by atoms with van der Waals surface area (Å²) in [7, 11) is 0. The van der Waals surface area contributed by atoms with Crippen LogP contribution in [0.15, 0.2) is 24.4 Å². The summed E-state index contributed by atoms with van der Waals surface area (Å²) in [6.45, 7) is 1.90. The summed E-state index contributed by atoms with van der Waals surface area (Å²) in [5.41, 5.74) is 8.17. The molecule has 3 nitrogen and oxygen atoms in total. The number of hydrogen-bond donors (Lipinski definition) is 1. The van der Waals surface area contributed by atoms with E-state index in [2.05, 4.69) is 4.98 Å². The Labute approximate surface area is 81.2 Å². The topological polar surface area (TPSA) is 43.3 Å². The maximum absolute atomic E-state index is 5.60. The lowest BCUT2D eigenvalue weighted by molar-refractivity contribution is 1.16. The van der Waals surface area contributed by atoms with E-state index in [1.54, 1.807) is 0 Å². The highest BCUT2D eigenvalue weighted by Crippen LogP contribution is 2.10. The van der Waals surface area contributed by atoms with Gasteiger partial charge in [0.15, 0.2) is 0 Å². The predicted octanol–water partition coefficient (Wildman–Crippen LogP) is 1.28. The molecule has 13 heavy (non-hydrogen) atoms. The molecule has 0 saturated carbocycles. The van der Waals surface area contributed by atoms with Gasteiger partial charge in [0.1, 0.15) is 16.3 Å². The average Bonchev–Trinajstić information content (AvgIpc) is 2.39. The molecule has 2 heterocycles. The molecule has 2 rings (SSSR count). The van der Waals surface area contributed by atoms with Gasteiger partial charge in [-0.2, -0.15) is 0 Å². The van der Waals surface area contributed by atoms with Crippen LogP contribution in [0.3, 0.4) is 0 Å². The van der Waals surface area contributed by atoms with Crippen molar-refractivity contribution in [1.29, 1.82) is 0 Å². The lowest BCUT2D eigenvalue weighted by Crippen LogP contribution is -2.13. The van der Waals surface area contributed by atoms with E-state index in [-0.39, 0.29) is 0 Å². The minimum absolute atomic E-state index is 0.385. The Morgan fingerprint density at radius 3 is 3.00 bits per heavy atom. The molecule has 0 spiro atoms. The van der Waals surface area contributed by atoms with Gasteiger partial charge in [-0.05, 0) is 19.1 Å². The van der Waals surface area contributed by atoms with Gasteiger partial charge in [-0.1, -0.05) is 18.3 Å². The first-order valence-electron chi connectivity index (χ1n) is 3.93. The first-order valence-corrected chi connectivity index (χ1v) is 4.34. The molecule has 2 aromatic heterocycles. The van der Waals surface area contributed by atoms with Crippen molar-refractivity contribution in [1.82, 2.24) is 9.38 Å². The van der Waals surface area contributed by atoms with E-state index in [0.717, 1.165) is 17.0 Å². The SMILES string of the molecule is Cc1nc2ccccn2c1C(N)=S. The quantitative estimate of drug-likeness (QED) is 0.690. The van der Waals surface area contributed by atoms with Crippen LogP contribution >= 0.6 is 12.2 Å². The van der Waals surface area contributed by atoms with Gasteiger partial charge < -0.3 is 5.73 Å². The molecule has 0 bridgehead atoms. The number of fused-ring (bicyclic) bond motifs is 1. The van der Waals surface area contributed by atoms with Crippen LogP contribution in [-0.4, -0.2) is 14.4 Å². The molecule has 4 heteroatoms. The maximum Gasteiger partial charge on any atom is 0.137 e. The summed E-state index contributed by atoms with van der Waals surface area (Å²) >= 11 is 4.95. The number of nitrogens with zero attached hydrogens (tertiary/aromatic N) is 2. The minimum atomic E-state index is 0.385. The summed E-state index contributed by atoms with van der Waals surface area (Å²) in [6.07, 6.45) is 1.91. The fourth-order valence-electron chi connectivity index (χ4n) is 1.41. The highest BCUT2D eigenvalue weighted by Gasteiger charge is 2.09. The monoisotopic (exact) mass is 191 g/mol. The van der Waals surface area contributed by atoms with Crippen LogP contribution in [0.4, 0.5) is 0 Å². The second-order valence-electron chi connectivity index (χ2n) is 2.84. The van der Waals surface area contributed by atoms with Gasteiger partial charge in [0.25, 0.3) is 0 Å². The standard InChI is InChI=1S/C9H9N3S/c1-6-8(9(10)13)12-5-3-2-4-7(12)11-6/h2-5H,1H3,(H2,10,13). The van der Waals surface area contributed by atoms with Crippen molar-refractivity contribution in [2.24, 2.45) is 5.73 Å². The Bertz CT molecular complexity index is 473. The first-order chi connectivity index (χ1) is 6.20. The van der Waals surface area contributed by atoms with Crippen molar-refractivity contribution >= 4 is 22.9 Å². The normalized spacial score (nSPS) is 10.5. The molecule has 0 amide bonds. The lowest BCUT2D eigenvalue weighted by Gasteiger charge is -1.98. The zero-order chi connectivity index (χ0) is 9.42. The number of imidazole rings is 1. The minimum Gasteiger partial charge on any atom is -0.388 e. The molecular weight excluding hydrogens is 182 g/mol. The Balaban J connectivity index is 2.86. The predicted molar refractivity (Wildman–Crippen MR) is 55.8 cm³/mol. The molecule has 66 valence electrons. The van der Waals surface area contributed by atoms with Crippen LogP contribution in [0.25, 0.3) is 5.65 Å². The van der Waals surface area contributed by atoms with Gasteiger partial charge in [0.05, 0.1) is 5.69 Å². The number of rotatable bonds is 1. The van der Waals surface area contributed by atoms with E-state index in [9.17, 15) is 0 Å². The summed E-state index contributed by atoms with van der Waals surface area (Å²) in [5, 5.41) is 0. The van der Waals surface area contributed by atoms with Crippen LogP contribution in [0.1, 0.15) is 11.4 Å². The lowest BCUT2D eigenvalue weighted by atomic mass is 10.3. The van der Waals surface area contributed by atoms with Crippen molar-refractivity contribution in [3.8, 4) is 0 Å². The summed E-state index contributed by atoms with van der Waals surface area (Å²) in [6, 6.07) is 5.79. The van der Waals surface area contributed by atoms with E-state index in [0.29, 0.717) is 4.99 Å². The molecule has 0 fully saturated rings. The van der Waals surface area contributed by atoms with E-state index in [4.69, 9.17) is 18.0 Å². The van der Waals surface area contributed by atoms with E-state index < -0.39 is 0 Å². The van der Waals surface area contributed by atoms with Crippen LogP contribution < -0.4 is 5.73 Å². The van der Waals surface area contributed by atoms with Gasteiger partial charge in [-0.25, -0.2) is 4.98 Å². The highest BCUT2D eigenvalue weighted by molar-refractivity contribution is 7.80. The molecule has 0 aliphatic rings. The van der Waals surface area contributed by atoms with Crippen molar-refractivity contribution < 1.29 is 0 Å². The van der Waals surface area contributed by atoms with E-state index in [1.807, 2.05) is 35.7 Å². The Hall–Kier alpha value is -1.42. The summed E-state index contributed by atoms with van der Waals surface area (Å²) in [5.74, 6) is 0. The Morgan fingerprint density at radius 1 is 1.54 bits per heavy atom. The molecule has 0 aliphatic carbocycles. The van der Waals surface area contributed by atoms with Crippen molar-refractivity contribution in [3.63, 3.8) is 0 Å². The van der Waals surface area contributed by atoms with E-state index in [1.165, 1.54) is 0 Å². The molecule has 0 aromatic carbocycles. The molecule has 0 unspecified atom stereocenters. The molecule has 2 N–H and O–H groups in total. The van der Waals surface area contributed by atoms with Crippen LogP contribution in [-0.2, 0) is 0 Å². The first kappa shape index (κ1) is 8.19. The number of pyridine rings is 1. The Kier molecular flexibility index (Phi) is 1.77. The second-order valence-corrected chi connectivity index (χ2v) is 3.28. The Morgan fingerprint density at radius 2 is 2.31 bits per heavy atom. The number of hydrogen-bond acceptors (Lipinski definition) is 2. The molecule has 2 aromatic rings. The van der Waals surface area contributed by atoms with E-state index >= 15 is 0 Å². The van der Waals surface area contributed by atoms with Gasteiger partial charge >= 0.3 is 0 Å². The highest BCUT2D eigenvalue weighted by atomic mass is 32.1. The van der Waals surface area contributed by atoms with Crippen molar-refractivity contribution in [2.75, 3.05) is 0 Å². The molecular formula is C9H9N3S. The van der Waals surface area contributed by atoms with Gasteiger partial charge in [0, 0.05) is 6.20 Å².